The normalized spacial score (nSPS) is 14.9. The van der Waals surface area contributed by atoms with Crippen LogP contribution in [0, 0.1) is 20.8 Å². The fraction of sp³-hybridized carbons (Fsp3) is 0.455. The predicted octanol–water partition coefficient (Wildman–Crippen LogP) is 3.94. The van der Waals surface area contributed by atoms with Crippen molar-refractivity contribution < 1.29 is 10.0 Å². The number of aromatic nitrogens is 1. The minimum Gasteiger partial charge on any atom is -0.348 e. The molecule has 2 aromatic heterocycles. The molecule has 0 atom stereocenters. The first-order valence-electron chi connectivity index (χ1n) is 10.0. The van der Waals surface area contributed by atoms with Crippen molar-refractivity contribution in [2.24, 2.45) is 0 Å². The first-order chi connectivity index (χ1) is 13.8. The minimum absolute atomic E-state index is 0.154. The molecule has 0 unspecified atom stereocenters. The van der Waals surface area contributed by atoms with E-state index in [4.69, 9.17) is 0 Å². The lowest BCUT2D eigenvalue weighted by Gasteiger charge is -2.24. The van der Waals surface area contributed by atoms with Crippen LogP contribution in [-0.4, -0.2) is 34.3 Å². The highest BCUT2D eigenvalue weighted by Crippen LogP contribution is 2.35. The molecule has 2 aromatic rings. The quantitative estimate of drug-likeness (QED) is 0.690. The van der Waals surface area contributed by atoms with Crippen LogP contribution >= 0.6 is 11.3 Å². The van der Waals surface area contributed by atoms with Crippen molar-refractivity contribution >= 4 is 22.8 Å². The minimum atomic E-state index is -0.157. The molecule has 1 amide bonds. The van der Waals surface area contributed by atoms with Gasteiger partial charge in [-0.3, -0.25) is 9.59 Å². The zero-order valence-electron chi connectivity index (χ0n) is 17.5. The van der Waals surface area contributed by atoms with E-state index in [2.05, 4.69) is 17.2 Å². The molecule has 29 heavy (non-hydrogen) atoms. The number of H-pyrrole nitrogens is 1. The van der Waals surface area contributed by atoms with Crippen LogP contribution in [0.2, 0.25) is 0 Å². The number of allylic oxidation sites excluding steroid dienone is 1. The van der Waals surface area contributed by atoms with Gasteiger partial charge in [0, 0.05) is 41.1 Å². The number of hydroxylamine groups is 2. The molecule has 0 aromatic carbocycles. The van der Waals surface area contributed by atoms with E-state index in [-0.39, 0.29) is 18.0 Å². The van der Waals surface area contributed by atoms with Gasteiger partial charge in [-0.1, -0.05) is 12.5 Å². The van der Waals surface area contributed by atoms with Crippen molar-refractivity contribution in [1.82, 2.24) is 15.4 Å². The van der Waals surface area contributed by atoms with Crippen LogP contribution in [-0.2, 0) is 6.54 Å². The topological polar surface area (TPSA) is 85.4 Å². The number of piperidine rings is 1. The Morgan fingerprint density at radius 1 is 1.28 bits per heavy atom. The Morgan fingerprint density at radius 3 is 2.59 bits per heavy atom. The number of pyridine rings is 1. The van der Waals surface area contributed by atoms with Gasteiger partial charge in [-0.2, -0.15) is 5.06 Å². The summed E-state index contributed by atoms with van der Waals surface area (Å²) in [6.45, 7) is 9.37. The van der Waals surface area contributed by atoms with Crippen LogP contribution in [0.5, 0.6) is 0 Å². The number of carbonyl (C=O) groups excluding carboxylic acids is 1. The van der Waals surface area contributed by atoms with Gasteiger partial charge in [0.25, 0.3) is 11.5 Å². The lowest BCUT2D eigenvalue weighted by Crippen LogP contribution is -2.28. The third-order valence-electron chi connectivity index (χ3n) is 5.60. The van der Waals surface area contributed by atoms with Gasteiger partial charge in [-0.05, 0) is 62.8 Å². The average molecular weight is 416 g/mol. The van der Waals surface area contributed by atoms with Crippen LogP contribution in [0.3, 0.4) is 0 Å². The molecular weight excluding hydrogens is 386 g/mol. The summed E-state index contributed by atoms with van der Waals surface area (Å²) in [7, 11) is 0. The summed E-state index contributed by atoms with van der Waals surface area (Å²) >= 11 is 1.60. The summed E-state index contributed by atoms with van der Waals surface area (Å²) in [6, 6.07) is 1.91. The number of hydrogen-bond donors (Lipinski definition) is 3. The maximum absolute atomic E-state index is 12.8. The second kappa shape index (κ2) is 9.07. The molecule has 7 heteroatoms. The van der Waals surface area contributed by atoms with Gasteiger partial charge < -0.3 is 15.5 Å². The number of aryl methyl sites for hydroxylation is 2. The SMILES string of the molecule is CCC(=C1CCN(O)CC1)c1scc(C(=O)NCc2c(C)cc(C)[nH]c2=O)c1C. The zero-order valence-corrected chi connectivity index (χ0v) is 18.3. The third-order valence-corrected chi connectivity index (χ3v) is 6.74. The number of carbonyl (C=O) groups is 1. The van der Waals surface area contributed by atoms with Crippen LogP contribution in [0.1, 0.15) is 63.8 Å². The highest BCUT2D eigenvalue weighted by Gasteiger charge is 2.21. The van der Waals surface area contributed by atoms with Crippen molar-refractivity contribution in [1.29, 1.82) is 0 Å². The summed E-state index contributed by atoms with van der Waals surface area (Å²) in [5.74, 6) is -0.157. The van der Waals surface area contributed by atoms with E-state index in [1.807, 2.05) is 32.2 Å². The van der Waals surface area contributed by atoms with Crippen LogP contribution in [0.4, 0.5) is 0 Å². The Kier molecular flexibility index (Phi) is 6.72. The zero-order chi connectivity index (χ0) is 21.1. The highest BCUT2D eigenvalue weighted by molar-refractivity contribution is 7.11. The molecule has 0 saturated carbocycles. The summed E-state index contributed by atoms with van der Waals surface area (Å²) in [6.07, 6.45) is 2.61. The maximum atomic E-state index is 12.8. The molecule has 0 aliphatic carbocycles. The summed E-state index contributed by atoms with van der Waals surface area (Å²) in [4.78, 5) is 28.9. The van der Waals surface area contributed by atoms with Crippen molar-refractivity contribution in [2.75, 3.05) is 13.1 Å². The first kappa shape index (κ1) is 21.5. The van der Waals surface area contributed by atoms with Gasteiger partial charge >= 0.3 is 0 Å². The molecule has 1 fully saturated rings. The number of aromatic amines is 1. The van der Waals surface area contributed by atoms with Gasteiger partial charge in [0.1, 0.15) is 0 Å². The van der Waals surface area contributed by atoms with Gasteiger partial charge in [-0.25, -0.2) is 0 Å². The molecular formula is C22H29N3O3S. The standard InChI is InChI=1S/C22H29N3O3S/c1-5-17(16-6-8-25(28)9-7-16)20-15(4)19(12-29-20)21(26)23-11-18-13(2)10-14(3)24-22(18)27/h10,12,28H,5-9,11H2,1-4H3,(H,23,26)(H,24,27). The van der Waals surface area contributed by atoms with Crippen molar-refractivity contribution in [3.05, 3.63) is 60.2 Å². The summed E-state index contributed by atoms with van der Waals surface area (Å²) < 4.78 is 0. The van der Waals surface area contributed by atoms with Crippen molar-refractivity contribution in [3.63, 3.8) is 0 Å². The second-order valence-electron chi connectivity index (χ2n) is 7.62. The van der Waals surface area contributed by atoms with E-state index >= 15 is 0 Å². The van der Waals surface area contributed by atoms with Gasteiger partial charge in [-0.15, -0.1) is 11.3 Å². The third kappa shape index (κ3) is 4.69. The molecule has 0 spiro atoms. The van der Waals surface area contributed by atoms with Gasteiger partial charge in [0.15, 0.2) is 0 Å². The fourth-order valence-corrected chi connectivity index (χ4v) is 5.18. The lowest BCUT2D eigenvalue weighted by molar-refractivity contribution is -0.0958. The van der Waals surface area contributed by atoms with Gasteiger partial charge in [0.2, 0.25) is 0 Å². The van der Waals surface area contributed by atoms with Crippen molar-refractivity contribution in [2.45, 2.75) is 53.5 Å². The Morgan fingerprint density at radius 2 is 1.97 bits per heavy atom. The first-order valence-corrected chi connectivity index (χ1v) is 10.9. The summed E-state index contributed by atoms with van der Waals surface area (Å²) in [5.41, 5.74) is 6.44. The maximum Gasteiger partial charge on any atom is 0.253 e. The fourth-order valence-electron chi connectivity index (χ4n) is 3.94. The monoisotopic (exact) mass is 415 g/mol. The van der Waals surface area contributed by atoms with Gasteiger partial charge in [0.05, 0.1) is 5.56 Å². The largest absolute Gasteiger partial charge is 0.348 e. The second-order valence-corrected chi connectivity index (χ2v) is 8.50. The average Bonchev–Trinajstić information content (AvgIpc) is 3.04. The van der Waals surface area contributed by atoms with E-state index in [1.54, 1.807) is 11.3 Å². The smallest absolute Gasteiger partial charge is 0.253 e. The van der Waals surface area contributed by atoms with Crippen LogP contribution in [0.15, 0.2) is 21.8 Å². The Bertz CT molecular complexity index is 993. The molecule has 1 saturated heterocycles. The Balaban J connectivity index is 1.79. The molecule has 1 aliphatic rings. The van der Waals surface area contributed by atoms with Crippen LogP contribution < -0.4 is 10.9 Å². The predicted molar refractivity (Wildman–Crippen MR) is 117 cm³/mol. The molecule has 3 N–H and O–H groups in total. The van der Waals surface area contributed by atoms with E-state index in [9.17, 15) is 14.8 Å². The van der Waals surface area contributed by atoms with Crippen molar-refractivity contribution in [3.8, 4) is 0 Å². The molecule has 3 heterocycles. The van der Waals surface area contributed by atoms with Crippen LogP contribution in [0.25, 0.3) is 5.57 Å². The highest BCUT2D eigenvalue weighted by atomic mass is 32.1. The molecule has 0 radical (unpaired) electrons. The number of thiophene rings is 1. The van der Waals surface area contributed by atoms with E-state index in [0.29, 0.717) is 24.2 Å². The summed E-state index contributed by atoms with van der Waals surface area (Å²) in [5, 5.41) is 15.8. The van der Waals surface area contributed by atoms with E-state index < -0.39 is 0 Å². The Labute approximate surface area is 175 Å². The number of nitrogens with zero attached hydrogens (tertiary/aromatic N) is 1. The number of nitrogens with one attached hydrogen (secondary N) is 2. The van der Waals surface area contributed by atoms with E-state index in [0.717, 1.165) is 41.0 Å². The van der Waals surface area contributed by atoms with E-state index in [1.165, 1.54) is 16.2 Å². The molecule has 156 valence electrons. The number of rotatable bonds is 5. The lowest BCUT2D eigenvalue weighted by atomic mass is 9.94. The molecule has 0 bridgehead atoms. The molecule has 6 nitrogen and oxygen atoms in total. The number of hydrogen-bond acceptors (Lipinski definition) is 5. The number of amides is 1. The molecule has 1 aliphatic heterocycles. The Hall–Kier alpha value is -2.22. The molecule has 3 rings (SSSR count).